The number of hydrogen-bond donors (Lipinski definition) is 1. The summed E-state index contributed by atoms with van der Waals surface area (Å²) in [5, 5.41) is 0. The van der Waals surface area contributed by atoms with Crippen molar-refractivity contribution in [2.24, 2.45) is 11.7 Å². The first-order valence-corrected chi connectivity index (χ1v) is 7.92. The van der Waals surface area contributed by atoms with Gasteiger partial charge in [-0.1, -0.05) is 13.8 Å². The van der Waals surface area contributed by atoms with Crippen LogP contribution in [0.2, 0.25) is 0 Å². The molecule has 0 heterocycles. The lowest BCUT2D eigenvalue weighted by molar-refractivity contribution is -0.174. The Balaban J connectivity index is 2.39. The Kier molecular flexibility index (Phi) is 7.44. The second kappa shape index (κ2) is 8.34. The highest BCUT2D eigenvalue weighted by atomic mass is 19.4. The van der Waals surface area contributed by atoms with Gasteiger partial charge in [0.1, 0.15) is 6.61 Å². The number of likely N-dealkylation sites (N-methyl/N-ethyl adjacent to an activating group) is 1. The summed E-state index contributed by atoms with van der Waals surface area (Å²) >= 11 is 0. The van der Waals surface area contributed by atoms with Crippen LogP contribution in [-0.4, -0.2) is 49.5 Å². The van der Waals surface area contributed by atoms with Crippen molar-refractivity contribution in [2.75, 3.05) is 32.8 Å². The van der Waals surface area contributed by atoms with Gasteiger partial charge in [0.2, 0.25) is 0 Å². The highest BCUT2D eigenvalue weighted by molar-refractivity contribution is 4.95. The van der Waals surface area contributed by atoms with E-state index in [9.17, 15) is 13.2 Å². The minimum absolute atomic E-state index is 0.0330. The molecule has 6 heteroatoms. The Hall–Kier alpha value is -0.330. The Bertz CT molecular complexity index is 289. The van der Waals surface area contributed by atoms with Crippen LogP contribution in [-0.2, 0) is 4.74 Å². The molecule has 0 amide bonds. The van der Waals surface area contributed by atoms with Crippen molar-refractivity contribution in [3.05, 3.63) is 0 Å². The van der Waals surface area contributed by atoms with Crippen LogP contribution >= 0.6 is 0 Å². The molecule has 1 aliphatic carbocycles. The van der Waals surface area contributed by atoms with Gasteiger partial charge in [-0.2, -0.15) is 13.2 Å². The van der Waals surface area contributed by atoms with Gasteiger partial charge in [0, 0.05) is 25.2 Å². The number of alkyl halides is 3. The molecule has 1 aliphatic rings. The van der Waals surface area contributed by atoms with E-state index in [0.717, 1.165) is 31.8 Å². The molecule has 0 saturated heterocycles. The summed E-state index contributed by atoms with van der Waals surface area (Å²) in [4.78, 5) is 2.34. The smallest absolute Gasteiger partial charge is 0.372 e. The molecule has 0 atom stereocenters. The van der Waals surface area contributed by atoms with Crippen LogP contribution < -0.4 is 5.73 Å². The summed E-state index contributed by atoms with van der Waals surface area (Å²) in [6.07, 6.45) is 0.907. The molecule has 0 aromatic heterocycles. The van der Waals surface area contributed by atoms with Gasteiger partial charge in [-0.15, -0.1) is 0 Å². The van der Waals surface area contributed by atoms with Crippen LogP contribution in [0.1, 0.15) is 46.0 Å². The zero-order valence-electron chi connectivity index (χ0n) is 13.2. The van der Waals surface area contributed by atoms with E-state index in [-0.39, 0.29) is 12.1 Å². The highest BCUT2D eigenvalue weighted by Gasteiger charge is 2.37. The van der Waals surface area contributed by atoms with E-state index in [1.807, 2.05) is 0 Å². The van der Waals surface area contributed by atoms with Crippen LogP contribution in [0.15, 0.2) is 0 Å². The number of halogens is 3. The molecule has 1 saturated carbocycles. The first-order valence-electron chi connectivity index (χ1n) is 7.92. The molecule has 3 nitrogen and oxygen atoms in total. The summed E-state index contributed by atoms with van der Waals surface area (Å²) in [6, 6.07) is 0. The maximum absolute atomic E-state index is 12.0. The molecular formula is C15H29F3N2O. The van der Waals surface area contributed by atoms with Gasteiger partial charge in [0.15, 0.2) is 0 Å². The standard InChI is InChI=1S/C15H29F3N2O/c1-3-20(9-4-10-21-12-15(16,17)18)14(11-19)7-5-13(2)6-8-14/h13H,3-12,19H2,1-2H3. The van der Waals surface area contributed by atoms with Crippen molar-refractivity contribution in [1.29, 1.82) is 0 Å². The monoisotopic (exact) mass is 310 g/mol. The molecule has 2 N–H and O–H groups in total. The SMILES string of the molecule is CCN(CCCOCC(F)(F)F)C1(CN)CCC(C)CC1. The van der Waals surface area contributed by atoms with Crippen molar-refractivity contribution in [1.82, 2.24) is 4.90 Å². The second-order valence-corrected chi connectivity index (χ2v) is 6.21. The Labute approximate surface area is 126 Å². The average molecular weight is 310 g/mol. The number of rotatable bonds is 8. The van der Waals surface area contributed by atoms with Gasteiger partial charge in [0.25, 0.3) is 0 Å². The molecule has 0 bridgehead atoms. The molecule has 0 unspecified atom stereocenters. The summed E-state index contributed by atoms with van der Waals surface area (Å²) in [7, 11) is 0. The number of nitrogens with zero attached hydrogens (tertiary/aromatic N) is 1. The fourth-order valence-corrected chi connectivity index (χ4v) is 3.22. The van der Waals surface area contributed by atoms with E-state index in [1.165, 1.54) is 12.8 Å². The summed E-state index contributed by atoms with van der Waals surface area (Å²) in [5.41, 5.74) is 6.06. The summed E-state index contributed by atoms with van der Waals surface area (Å²) in [5.74, 6) is 0.749. The zero-order chi connectivity index (χ0) is 15.9. The van der Waals surface area contributed by atoms with Gasteiger partial charge in [-0.05, 0) is 44.6 Å². The molecule has 0 aromatic rings. The molecule has 1 fully saturated rings. The first kappa shape index (κ1) is 18.7. The van der Waals surface area contributed by atoms with Crippen LogP contribution in [0.25, 0.3) is 0 Å². The predicted molar refractivity (Wildman–Crippen MR) is 78.2 cm³/mol. The maximum Gasteiger partial charge on any atom is 0.411 e. The lowest BCUT2D eigenvalue weighted by Crippen LogP contribution is -2.56. The molecule has 1 rings (SSSR count). The summed E-state index contributed by atoms with van der Waals surface area (Å²) in [6.45, 7) is 5.60. The molecule has 0 radical (unpaired) electrons. The van der Waals surface area contributed by atoms with Crippen molar-refractivity contribution in [2.45, 2.75) is 57.7 Å². The van der Waals surface area contributed by atoms with Gasteiger partial charge in [0.05, 0.1) is 0 Å². The normalized spacial score (nSPS) is 27.3. The van der Waals surface area contributed by atoms with Crippen LogP contribution in [0.5, 0.6) is 0 Å². The topological polar surface area (TPSA) is 38.5 Å². The zero-order valence-corrected chi connectivity index (χ0v) is 13.2. The largest absolute Gasteiger partial charge is 0.411 e. The highest BCUT2D eigenvalue weighted by Crippen LogP contribution is 2.35. The minimum atomic E-state index is -4.23. The predicted octanol–water partition coefficient (Wildman–Crippen LogP) is 3.18. The third kappa shape index (κ3) is 6.12. The average Bonchev–Trinajstić information content (AvgIpc) is 2.43. The third-order valence-corrected chi connectivity index (χ3v) is 4.62. The Morgan fingerprint density at radius 2 is 1.90 bits per heavy atom. The number of hydrogen-bond acceptors (Lipinski definition) is 3. The van der Waals surface area contributed by atoms with E-state index < -0.39 is 12.8 Å². The quantitative estimate of drug-likeness (QED) is 0.700. The Morgan fingerprint density at radius 3 is 2.38 bits per heavy atom. The van der Waals surface area contributed by atoms with E-state index in [0.29, 0.717) is 13.0 Å². The second-order valence-electron chi connectivity index (χ2n) is 6.21. The fourth-order valence-electron chi connectivity index (χ4n) is 3.22. The molecule has 0 spiro atoms. The molecule has 126 valence electrons. The van der Waals surface area contributed by atoms with Crippen LogP contribution in [0.3, 0.4) is 0 Å². The van der Waals surface area contributed by atoms with E-state index >= 15 is 0 Å². The Morgan fingerprint density at radius 1 is 1.29 bits per heavy atom. The molecular weight excluding hydrogens is 281 g/mol. The van der Waals surface area contributed by atoms with E-state index in [1.54, 1.807) is 0 Å². The molecule has 0 aromatic carbocycles. The first-order chi connectivity index (χ1) is 9.83. The van der Waals surface area contributed by atoms with E-state index in [4.69, 9.17) is 5.73 Å². The molecule has 0 aliphatic heterocycles. The number of ether oxygens (including phenoxy) is 1. The molecule has 21 heavy (non-hydrogen) atoms. The van der Waals surface area contributed by atoms with Crippen LogP contribution in [0, 0.1) is 5.92 Å². The van der Waals surface area contributed by atoms with Crippen molar-refractivity contribution in [3.8, 4) is 0 Å². The lowest BCUT2D eigenvalue weighted by atomic mass is 9.76. The third-order valence-electron chi connectivity index (χ3n) is 4.62. The van der Waals surface area contributed by atoms with Crippen molar-refractivity contribution < 1.29 is 17.9 Å². The van der Waals surface area contributed by atoms with Gasteiger partial charge >= 0.3 is 6.18 Å². The van der Waals surface area contributed by atoms with Gasteiger partial charge in [-0.25, -0.2) is 0 Å². The van der Waals surface area contributed by atoms with Crippen LogP contribution in [0.4, 0.5) is 13.2 Å². The number of nitrogens with two attached hydrogens (primary N) is 1. The summed E-state index contributed by atoms with van der Waals surface area (Å²) < 4.78 is 40.7. The van der Waals surface area contributed by atoms with Crippen molar-refractivity contribution in [3.63, 3.8) is 0 Å². The van der Waals surface area contributed by atoms with Crippen molar-refractivity contribution >= 4 is 0 Å². The van der Waals surface area contributed by atoms with E-state index in [2.05, 4.69) is 23.5 Å². The minimum Gasteiger partial charge on any atom is -0.372 e. The lowest BCUT2D eigenvalue weighted by Gasteiger charge is -2.47. The van der Waals surface area contributed by atoms with Gasteiger partial charge < -0.3 is 10.5 Å². The maximum atomic E-state index is 12.0. The fraction of sp³-hybridized carbons (Fsp3) is 1.00. The van der Waals surface area contributed by atoms with Gasteiger partial charge in [-0.3, -0.25) is 4.90 Å².